The summed E-state index contributed by atoms with van der Waals surface area (Å²) in [7, 11) is 0. The van der Waals surface area contributed by atoms with E-state index in [1.165, 1.54) is 13.3 Å². The zero-order valence-electron chi connectivity index (χ0n) is 15.9. The van der Waals surface area contributed by atoms with Gasteiger partial charge in [-0.25, -0.2) is 9.97 Å². The van der Waals surface area contributed by atoms with E-state index < -0.39 is 0 Å². The normalized spacial score (nSPS) is 10.2. The van der Waals surface area contributed by atoms with Gasteiger partial charge in [-0.2, -0.15) is 0 Å². The van der Waals surface area contributed by atoms with Gasteiger partial charge in [0.05, 0.1) is 0 Å². The molecule has 0 atom stereocenters. The number of benzene rings is 2. The summed E-state index contributed by atoms with van der Waals surface area (Å²) in [6.07, 6.45) is 1.34. The smallest absolute Gasteiger partial charge is 0.274 e. The third-order valence-corrected chi connectivity index (χ3v) is 3.86. The highest BCUT2D eigenvalue weighted by Crippen LogP contribution is 2.19. The van der Waals surface area contributed by atoms with Gasteiger partial charge in [0.25, 0.3) is 5.91 Å². The van der Waals surface area contributed by atoms with Crippen LogP contribution in [0.25, 0.3) is 0 Å². The molecule has 0 spiro atoms. The summed E-state index contributed by atoms with van der Waals surface area (Å²) in [4.78, 5) is 31.8. The average Bonchev–Trinajstić information content (AvgIpc) is 2.62. The van der Waals surface area contributed by atoms with Crippen LogP contribution in [-0.4, -0.2) is 21.8 Å². The Kier molecular flexibility index (Phi) is 5.64. The molecule has 0 unspecified atom stereocenters. The highest BCUT2D eigenvalue weighted by atomic mass is 16.2. The first-order valence-electron chi connectivity index (χ1n) is 8.75. The van der Waals surface area contributed by atoms with E-state index in [9.17, 15) is 9.59 Å². The molecule has 0 bridgehead atoms. The monoisotopic (exact) mass is 375 g/mol. The predicted molar refractivity (Wildman–Crippen MR) is 110 cm³/mol. The van der Waals surface area contributed by atoms with Gasteiger partial charge >= 0.3 is 0 Å². The third kappa shape index (κ3) is 5.14. The van der Waals surface area contributed by atoms with Crippen LogP contribution in [0.2, 0.25) is 0 Å². The summed E-state index contributed by atoms with van der Waals surface area (Å²) >= 11 is 0. The molecular weight excluding hydrogens is 354 g/mol. The number of rotatable bonds is 5. The molecule has 0 radical (unpaired) electrons. The topological polar surface area (TPSA) is 96.0 Å². The summed E-state index contributed by atoms with van der Waals surface area (Å²) in [6, 6.07) is 14.6. The molecule has 2 amide bonds. The van der Waals surface area contributed by atoms with Crippen LogP contribution in [-0.2, 0) is 4.79 Å². The Bertz CT molecular complexity index is 995. The van der Waals surface area contributed by atoms with Gasteiger partial charge in [-0.05, 0) is 61.4 Å². The third-order valence-electron chi connectivity index (χ3n) is 3.86. The molecule has 0 saturated heterocycles. The van der Waals surface area contributed by atoms with Crippen molar-refractivity contribution in [1.82, 2.24) is 9.97 Å². The number of nitrogens with one attached hydrogen (secondary N) is 3. The quantitative estimate of drug-likeness (QED) is 0.625. The second kappa shape index (κ2) is 8.30. The van der Waals surface area contributed by atoms with Gasteiger partial charge < -0.3 is 16.0 Å². The molecule has 3 aromatic rings. The number of aromatic nitrogens is 2. The van der Waals surface area contributed by atoms with Crippen LogP contribution >= 0.6 is 0 Å². The van der Waals surface area contributed by atoms with Crippen LogP contribution in [0.4, 0.5) is 22.9 Å². The molecule has 7 heteroatoms. The minimum Gasteiger partial charge on any atom is -0.340 e. The summed E-state index contributed by atoms with van der Waals surface area (Å²) in [5, 5.41) is 8.68. The number of amides is 2. The lowest BCUT2D eigenvalue weighted by Crippen LogP contribution is -2.14. The molecule has 0 aliphatic heterocycles. The Hall–Kier alpha value is -3.74. The number of anilines is 4. The Morgan fingerprint density at radius 3 is 2.07 bits per heavy atom. The Morgan fingerprint density at radius 2 is 1.43 bits per heavy atom. The van der Waals surface area contributed by atoms with Crippen molar-refractivity contribution in [2.75, 3.05) is 16.0 Å². The van der Waals surface area contributed by atoms with Crippen molar-refractivity contribution >= 4 is 34.7 Å². The van der Waals surface area contributed by atoms with Crippen LogP contribution in [0.3, 0.4) is 0 Å². The first kappa shape index (κ1) is 19.0. The molecule has 3 N–H and O–H groups in total. The van der Waals surface area contributed by atoms with E-state index in [0.29, 0.717) is 11.5 Å². The zero-order valence-corrected chi connectivity index (χ0v) is 15.9. The molecule has 1 aromatic heterocycles. The lowest BCUT2D eigenvalue weighted by Gasteiger charge is -2.09. The highest BCUT2D eigenvalue weighted by molar-refractivity contribution is 6.03. The van der Waals surface area contributed by atoms with E-state index in [1.54, 1.807) is 18.2 Å². The molecule has 142 valence electrons. The molecule has 0 aliphatic rings. The number of carbonyl (C=O) groups is 2. The van der Waals surface area contributed by atoms with Crippen molar-refractivity contribution in [2.24, 2.45) is 0 Å². The lowest BCUT2D eigenvalue weighted by atomic mass is 10.1. The van der Waals surface area contributed by atoms with Crippen molar-refractivity contribution in [3.8, 4) is 0 Å². The second-order valence-corrected chi connectivity index (χ2v) is 6.50. The van der Waals surface area contributed by atoms with Gasteiger partial charge in [0.2, 0.25) is 5.91 Å². The van der Waals surface area contributed by atoms with Crippen molar-refractivity contribution < 1.29 is 9.59 Å². The molecule has 0 aliphatic carbocycles. The fourth-order valence-corrected chi connectivity index (χ4v) is 2.78. The molecular formula is C21H21N5O2. The van der Waals surface area contributed by atoms with Crippen molar-refractivity contribution in [3.63, 3.8) is 0 Å². The molecule has 0 fully saturated rings. The van der Waals surface area contributed by atoms with Crippen molar-refractivity contribution in [3.05, 3.63) is 71.7 Å². The summed E-state index contributed by atoms with van der Waals surface area (Å²) in [6.45, 7) is 5.41. The summed E-state index contributed by atoms with van der Waals surface area (Å²) < 4.78 is 0. The van der Waals surface area contributed by atoms with Gasteiger partial charge in [0.1, 0.15) is 17.8 Å². The Labute approximate surface area is 163 Å². The standard InChI is InChI=1S/C21H21N5O2/c1-13-8-14(2)10-18(9-13)26-21(28)19-11-20(23-12-22-19)25-17-6-4-16(5-7-17)24-15(3)27/h4-12H,1-3H3,(H,24,27)(H,26,28)(H,22,23,25). The number of hydrogen-bond acceptors (Lipinski definition) is 5. The van der Waals surface area contributed by atoms with Crippen LogP contribution < -0.4 is 16.0 Å². The number of nitrogens with zero attached hydrogens (tertiary/aromatic N) is 2. The molecule has 0 saturated carbocycles. The van der Waals surface area contributed by atoms with E-state index in [2.05, 4.69) is 25.9 Å². The van der Waals surface area contributed by atoms with Crippen LogP contribution in [0.1, 0.15) is 28.5 Å². The maximum atomic E-state index is 12.5. The van der Waals surface area contributed by atoms with Gasteiger partial charge in [0.15, 0.2) is 0 Å². The highest BCUT2D eigenvalue weighted by Gasteiger charge is 2.10. The maximum absolute atomic E-state index is 12.5. The van der Waals surface area contributed by atoms with Gasteiger partial charge in [0, 0.05) is 30.1 Å². The lowest BCUT2D eigenvalue weighted by molar-refractivity contribution is -0.114. The fraction of sp³-hybridized carbons (Fsp3) is 0.143. The Morgan fingerprint density at radius 1 is 0.786 bits per heavy atom. The largest absolute Gasteiger partial charge is 0.340 e. The SMILES string of the molecule is CC(=O)Nc1ccc(Nc2cc(C(=O)Nc3cc(C)cc(C)c3)ncn2)cc1. The minimum absolute atomic E-state index is 0.129. The number of carbonyl (C=O) groups excluding carboxylic acids is 2. The second-order valence-electron chi connectivity index (χ2n) is 6.50. The zero-order chi connectivity index (χ0) is 20.1. The summed E-state index contributed by atoms with van der Waals surface area (Å²) in [5.41, 5.74) is 4.60. The predicted octanol–water partition coefficient (Wildman–Crippen LogP) is 4.05. The van der Waals surface area contributed by atoms with Gasteiger partial charge in [-0.15, -0.1) is 0 Å². The van der Waals surface area contributed by atoms with Crippen LogP contribution in [0, 0.1) is 13.8 Å². The van der Waals surface area contributed by atoms with Crippen LogP contribution in [0.15, 0.2) is 54.9 Å². The first-order valence-corrected chi connectivity index (χ1v) is 8.75. The van der Waals surface area contributed by atoms with Crippen LogP contribution in [0.5, 0.6) is 0 Å². The Balaban J connectivity index is 1.71. The van der Waals surface area contributed by atoms with Crippen molar-refractivity contribution in [1.29, 1.82) is 0 Å². The summed E-state index contributed by atoms with van der Waals surface area (Å²) in [5.74, 6) is 0.0558. The molecule has 3 rings (SSSR count). The average molecular weight is 375 g/mol. The van der Waals surface area contributed by atoms with Gasteiger partial charge in [-0.1, -0.05) is 6.07 Å². The molecule has 2 aromatic carbocycles. The van der Waals surface area contributed by atoms with E-state index in [-0.39, 0.29) is 17.5 Å². The van der Waals surface area contributed by atoms with E-state index >= 15 is 0 Å². The molecule has 1 heterocycles. The van der Waals surface area contributed by atoms with E-state index in [4.69, 9.17) is 0 Å². The maximum Gasteiger partial charge on any atom is 0.274 e. The first-order chi connectivity index (χ1) is 13.4. The van der Waals surface area contributed by atoms with E-state index in [1.807, 2.05) is 44.2 Å². The molecule has 7 nitrogen and oxygen atoms in total. The van der Waals surface area contributed by atoms with Gasteiger partial charge in [-0.3, -0.25) is 9.59 Å². The number of hydrogen-bond donors (Lipinski definition) is 3. The van der Waals surface area contributed by atoms with E-state index in [0.717, 1.165) is 22.5 Å². The molecule has 28 heavy (non-hydrogen) atoms. The number of aryl methyl sites for hydroxylation is 2. The fourth-order valence-electron chi connectivity index (χ4n) is 2.78. The van der Waals surface area contributed by atoms with Crippen molar-refractivity contribution in [2.45, 2.75) is 20.8 Å². The minimum atomic E-state index is -0.309.